The molecule has 0 aliphatic carbocycles. The molecular formula is C20H19ClN2O5. The highest BCUT2D eigenvalue weighted by Crippen LogP contribution is 2.39. The van der Waals surface area contributed by atoms with Crippen LogP contribution in [0, 0.1) is 0 Å². The van der Waals surface area contributed by atoms with Gasteiger partial charge in [-0.3, -0.25) is 4.79 Å². The van der Waals surface area contributed by atoms with Gasteiger partial charge in [0.25, 0.3) is 5.91 Å². The molecule has 2 aromatic rings. The fraction of sp³-hybridized carbons (Fsp3) is 0.200. The number of carbonyl (C=O) groups excluding carboxylic acids is 1. The summed E-state index contributed by atoms with van der Waals surface area (Å²) >= 11 is 5.80. The number of hydrogen-bond acceptors (Lipinski definition) is 6. The van der Waals surface area contributed by atoms with E-state index in [0.29, 0.717) is 17.1 Å². The molecule has 1 heterocycles. The number of amides is 1. The summed E-state index contributed by atoms with van der Waals surface area (Å²) in [6.07, 6.45) is 3.80. The monoisotopic (exact) mass is 402 g/mol. The first kappa shape index (κ1) is 19.7. The minimum Gasteiger partial charge on any atom is -0.506 e. The van der Waals surface area contributed by atoms with Crippen LogP contribution in [0.2, 0.25) is 5.02 Å². The van der Waals surface area contributed by atoms with E-state index < -0.39 is 18.3 Å². The van der Waals surface area contributed by atoms with Crippen molar-refractivity contribution in [3.8, 4) is 17.2 Å². The molecule has 2 aromatic carbocycles. The summed E-state index contributed by atoms with van der Waals surface area (Å²) in [5, 5.41) is 22.9. The highest BCUT2D eigenvalue weighted by atomic mass is 35.5. The minimum absolute atomic E-state index is 0.0797. The van der Waals surface area contributed by atoms with Crippen LogP contribution in [0.3, 0.4) is 0 Å². The number of nitrogens with zero attached hydrogens (tertiary/aromatic N) is 1. The Labute approximate surface area is 166 Å². The Kier molecular flexibility index (Phi) is 5.87. The van der Waals surface area contributed by atoms with Crippen LogP contribution >= 0.6 is 11.6 Å². The summed E-state index contributed by atoms with van der Waals surface area (Å²) < 4.78 is 11.3. The summed E-state index contributed by atoms with van der Waals surface area (Å²) in [5.74, 6) is 0.568. The molecule has 0 bridgehead atoms. The molecule has 0 radical (unpaired) electrons. The molecule has 2 atom stereocenters. The van der Waals surface area contributed by atoms with Gasteiger partial charge in [0.2, 0.25) is 6.29 Å². The van der Waals surface area contributed by atoms with Gasteiger partial charge in [-0.05, 0) is 42.8 Å². The normalized spacial score (nSPS) is 16.6. The van der Waals surface area contributed by atoms with E-state index in [2.05, 4.69) is 10.5 Å². The van der Waals surface area contributed by atoms with Gasteiger partial charge in [0.15, 0.2) is 11.5 Å². The number of phenols is 1. The molecule has 0 fully saturated rings. The number of nitrogens with one attached hydrogen (secondary N) is 1. The van der Waals surface area contributed by atoms with Gasteiger partial charge in [-0.25, -0.2) is 5.43 Å². The third kappa shape index (κ3) is 4.62. The lowest BCUT2D eigenvalue weighted by Crippen LogP contribution is -2.17. The van der Waals surface area contributed by atoms with Gasteiger partial charge < -0.3 is 19.7 Å². The third-order valence-corrected chi connectivity index (χ3v) is 4.13. The summed E-state index contributed by atoms with van der Waals surface area (Å²) in [4.78, 5) is 12.1. The summed E-state index contributed by atoms with van der Waals surface area (Å²) in [6, 6.07) is 7.66. The fourth-order valence-electron chi connectivity index (χ4n) is 2.55. The van der Waals surface area contributed by atoms with Crippen molar-refractivity contribution in [3.63, 3.8) is 0 Å². The zero-order chi connectivity index (χ0) is 20.3. The predicted molar refractivity (Wildman–Crippen MR) is 106 cm³/mol. The van der Waals surface area contributed by atoms with Gasteiger partial charge >= 0.3 is 0 Å². The number of rotatable bonds is 5. The van der Waals surface area contributed by atoms with Crippen molar-refractivity contribution in [2.45, 2.75) is 26.2 Å². The van der Waals surface area contributed by atoms with Gasteiger partial charge in [0, 0.05) is 18.1 Å². The van der Waals surface area contributed by atoms with E-state index in [1.807, 2.05) is 0 Å². The molecule has 0 spiro atoms. The van der Waals surface area contributed by atoms with Gasteiger partial charge in [-0.1, -0.05) is 23.8 Å². The van der Waals surface area contributed by atoms with Crippen molar-refractivity contribution < 1.29 is 24.5 Å². The van der Waals surface area contributed by atoms with Crippen LogP contribution in [0.4, 0.5) is 0 Å². The fourth-order valence-corrected chi connectivity index (χ4v) is 2.73. The highest BCUT2D eigenvalue weighted by Gasteiger charge is 2.23. The topological polar surface area (TPSA) is 100 Å². The highest BCUT2D eigenvalue weighted by molar-refractivity contribution is 6.32. The average Bonchev–Trinajstić information content (AvgIpc) is 3.02. The number of aromatic hydroxyl groups is 1. The number of hydrazone groups is 1. The molecule has 1 aliphatic rings. The predicted octanol–water partition coefficient (Wildman–Crippen LogP) is 3.32. The number of phenolic OH excluding ortho intramolecular Hbond substituents is 1. The van der Waals surface area contributed by atoms with Crippen molar-refractivity contribution in [2.24, 2.45) is 5.10 Å². The molecule has 1 amide bonds. The molecule has 1 aliphatic heterocycles. The molecule has 3 rings (SSSR count). The molecule has 0 saturated heterocycles. The SMILES string of the molecule is CC(O)/C=C/c1cc(/C=N/NC(=O)c2ccc(O)c(Cl)c2)cc2c1OC(C)O2. The molecule has 0 aromatic heterocycles. The summed E-state index contributed by atoms with van der Waals surface area (Å²) in [5.41, 5.74) is 4.06. The van der Waals surface area contributed by atoms with E-state index >= 15 is 0 Å². The van der Waals surface area contributed by atoms with Crippen LogP contribution in [0.5, 0.6) is 17.2 Å². The van der Waals surface area contributed by atoms with Crippen molar-refractivity contribution in [3.05, 3.63) is 58.1 Å². The van der Waals surface area contributed by atoms with Gasteiger partial charge in [0.1, 0.15) is 5.75 Å². The van der Waals surface area contributed by atoms with E-state index in [0.717, 1.165) is 5.56 Å². The van der Waals surface area contributed by atoms with Crippen LogP contribution < -0.4 is 14.9 Å². The molecule has 2 unspecified atom stereocenters. The number of carbonyl (C=O) groups is 1. The van der Waals surface area contributed by atoms with Crippen LogP contribution in [0.25, 0.3) is 6.08 Å². The first-order valence-corrected chi connectivity index (χ1v) is 8.91. The second kappa shape index (κ2) is 8.33. The number of benzene rings is 2. The Balaban J connectivity index is 1.78. The van der Waals surface area contributed by atoms with Crippen molar-refractivity contribution in [1.82, 2.24) is 5.43 Å². The van der Waals surface area contributed by atoms with Gasteiger partial charge in [-0.2, -0.15) is 5.10 Å². The maximum Gasteiger partial charge on any atom is 0.271 e. The average molecular weight is 403 g/mol. The van der Waals surface area contributed by atoms with E-state index in [1.54, 1.807) is 38.1 Å². The Morgan fingerprint density at radius 3 is 2.82 bits per heavy atom. The Hall–Kier alpha value is -3.03. The lowest BCUT2D eigenvalue weighted by atomic mass is 10.1. The quantitative estimate of drug-likeness (QED) is 0.526. The number of fused-ring (bicyclic) bond motifs is 1. The van der Waals surface area contributed by atoms with E-state index in [-0.39, 0.29) is 16.3 Å². The molecule has 146 valence electrons. The maximum atomic E-state index is 12.1. The number of hydrogen-bond donors (Lipinski definition) is 3. The van der Waals surface area contributed by atoms with Crippen molar-refractivity contribution in [2.75, 3.05) is 0 Å². The largest absolute Gasteiger partial charge is 0.506 e. The Morgan fingerprint density at radius 1 is 1.32 bits per heavy atom. The first-order chi connectivity index (χ1) is 13.3. The summed E-state index contributed by atoms with van der Waals surface area (Å²) in [6.45, 7) is 3.42. The van der Waals surface area contributed by atoms with Crippen LogP contribution in [-0.2, 0) is 0 Å². The molecule has 28 heavy (non-hydrogen) atoms. The molecular weight excluding hydrogens is 384 g/mol. The maximum absolute atomic E-state index is 12.1. The number of aliphatic hydroxyl groups is 1. The Bertz CT molecular complexity index is 956. The van der Waals surface area contributed by atoms with E-state index in [1.165, 1.54) is 24.4 Å². The zero-order valence-electron chi connectivity index (χ0n) is 15.2. The smallest absolute Gasteiger partial charge is 0.271 e. The van der Waals surface area contributed by atoms with E-state index in [4.69, 9.17) is 21.1 Å². The number of ether oxygens (including phenoxy) is 2. The van der Waals surface area contributed by atoms with Gasteiger partial charge in [-0.15, -0.1) is 0 Å². The second-order valence-electron chi connectivity index (χ2n) is 6.21. The number of aliphatic hydroxyl groups excluding tert-OH is 1. The minimum atomic E-state index is -0.607. The molecule has 3 N–H and O–H groups in total. The summed E-state index contributed by atoms with van der Waals surface area (Å²) in [7, 11) is 0. The first-order valence-electron chi connectivity index (χ1n) is 8.53. The third-order valence-electron chi connectivity index (χ3n) is 3.83. The zero-order valence-corrected chi connectivity index (χ0v) is 16.0. The molecule has 8 heteroatoms. The van der Waals surface area contributed by atoms with Crippen molar-refractivity contribution in [1.29, 1.82) is 0 Å². The molecule has 7 nitrogen and oxygen atoms in total. The van der Waals surface area contributed by atoms with Crippen LogP contribution in [-0.4, -0.2) is 34.7 Å². The van der Waals surface area contributed by atoms with Gasteiger partial charge in [0.05, 0.1) is 17.3 Å². The Morgan fingerprint density at radius 2 is 2.11 bits per heavy atom. The number of halogens is 1. The molecule has 0 saturated carbocycles. The standard InChI is InChI=1S/C20H19ClN2O5/c1-11(24)3-4-14-7-13(8-18-19(14)28-12(2)27-18)10-22-23-20(26)15-5-6-17(25)16(21)9-15/h3-12,24-25H,1-2H3,(H,23,26)/b4-3+,22-10+. The second-order valence-corrected chi connectivity index (χ2v) is 6.61. The lowest BCUT2D eigenvalue weighted by Gasteiger charge is -2.05. The van der Waals surface area contributed by atoms with Crippen molar-refractivity contribution >= 4 is 29.8 Å². The van der Waals surface area contributed by atoms with Crippen LogP contribution in [0.1, 0.15) is 35.3 Å². The lowest BCUT2D eigenvalue weighted by molar-refractivity contribution is 0.0677. The van der Waals surface area contributed by atoms with Crippen LogP contribution in [0.15, 0.2) is 41.5 Å². The van der Waals surface area contributed by atoms with E-state index in [9.17, 15) is 15.0 Å².